The van der Waals surface area contributed by atoms with Crippen molar-refractivity contribution in [1.82, 2.24) is 4.90 Å². The van der Waals surface area contributed by atoms with Crippen molar-refractivity contribution in [3.63, 3.8) is 0 Å². The van der Waals surface area contributed by atoms with Crippen molar-refractivity contribution in [1.29, 1.82) is 0 Å². The summed E-state index contributed by atoms with van der Waals surface area (Å²) >= 11 is 6.24. The Balaban J connectivity index is 0.00000448. The number of fused-ring (bicyclic) bond motifs is 1. The zero-order valence-electron chi connectivity index (χ0n) is 27.9. The van der Waals surface area contributed by atoms with Gasteiger partial charge in [-0.05, 0) is 78.7 Å². The summed E-state index contributed by atoms with van der Waals surface area (Å²) in [5, 5.41) is 27.8. The van der Waals surface area contributed by atoms with Gasteiger partial charge in [0.2, 0.25) is 0 Å². The number of carbonyl (C=O) groups is 1. The van der Waals surface area contributed by atoms with Gasteiger partial charge in [0.15, 0.2) is 0 Å². The van der Waals surface area contributed by atoms with Gasteiger partial charge >= 0.3 is 16.5 Å². The number of anilines is 1. The van der Waals surface area contributed by atoms with Crippen molar-refractivity contribution in [2.75, 3.05) is 18.0 Å². The van der Waals surface area contributed by atoms with Crippen LogP contribution in [0.3, 0.4) is 0 Å². The standard InChI is InChI=1S/C42H39ClN4O3.Ni/c43-32-21-23-33(24-22-32)47-27-25-30-14-7-8-17-34(30)40(47)39(42(49)50)45-38(31-15-5-2-6-16-31)35-18-9-10-19-36(35)44-41(48)37-20-11-26-46(37)28-29-12-3-1-4-13-29;/h1-10,12-19,21-24,37,39-40H,11,20,25-28H2,(H,44,48)(H,49,50);/q;+2/p-2/t37-,39-,40+;/m0./s1. The molecule has 7 rings (SSSR count). The van der Waals surface area contributed by atoms with Crippen LogP contribution in [0.5, 0.6) is 0 Å². The second-order valence-corrected chi connectivity index (χ2v) is 13.2. The fourth-order valence-corrected chi connectivity index (χ4v) is 7.35. The molecule has 0 unspecified atom stereocenters. The molecule has 51 heavy (non-hydrogen) atoms. The van der Waals surface area contributed by atoms with E-state index in [1.54, 1.807) is 18.2 Å². The maximum atomic E-state index is 13.9. The summed E-state index contributed by atoms with van der Waals surface area (Å²) in [5.41, 5.74) is 6.11. The summed E-state index contributed by atoms with van der Waals surface area (Å²) in [6, 6.07) is 40.0. The Morgan fingerprint density at radius 1 is 0.804 bits per heavy atom. The summed E-state index contributed by atoms with van der Waals surface area (Å²) in [6.07, 6.45) is 2.39. The third-order valence-electron chi connectivity index (χ3n) is 9.61. The van der Waals surface area contributed by atoms with Crippen LogP contribution in [0.4, 0.5) is 11.4 Å². The van der Waals surface area contributed by atoms with E-state index in [-0.39, 0.29) is 28.4 Å². The van der Waals surface area contributed by atoms with E-state index in [1.165, 1.54) is 0 Å². The predicted molar refractivity (Wildman–Crippen MR) is 196 cm³/mol. The topological polar surface area (TPSA) is 94.4 Å². The molecule has 5 aromatic carbocycles. The van der Waals surface area contributed by atoms with Crippen molar-refractivity contribution in [2.24, 2.45) is 9.98 Å². The van der Waals surface area contributed by atoms with E-state index < -0.39 is 18.1 Å². The average molecular weight is 740 g/mol. The number of likely N-dealkylation sites (tertiary alicyclic amines) is 1. The quantitative estimate of drug-likeness (QED) is 0.0974. The van der Waals surface area contributed by atoms with E-state index in [9.17, 15) is 15.0 Å². The minimum Gasteiger partial charge on any atom is -0.861 e. The second kappa shape index (κ2) is 16.5. The molecule has 0 spiro atoms. The third-order valence-corrected chi connectivity index (χ3v) is 9.86. The largest absolute Gasteiger partial charge is 2.00 e. The summed E-state index contributed by atoms with van der Waals surface area (Å²) in [5.74, 6) is -1.52. The molecule has 1 saturated heterocycles. The maximum absolute atomic E-state index is 13.9. The molecule has 0 amide bonds. The van der Waals surface area contributed by atoms with Crippen molar-refractivity contribution in [3.8, 4) is 0 Å². The molecular weight excluding hydrogens is 703 g/mol. The number of carboxylic acid groups (broad SMARTS) is 1. The van der Waals surface area contributed by atoms with Crippen molar-refractivity contribution >= 4 is 40.6 Å². The van der Waals surface area contributed by atoms with Gasteiger partial charge in [0.05, 0.1) is 23.4 Å². The molecule has 2 aliphatic rings. The summed E-state index contributed by atoms with van der Waals surface area (Å²) in [7, 11) is 0. The fraction of sp³-hybridized carbons (Fsp3) is 0.214. The zero-order valence-corrected chi connectivity index (χ0v) is 29.6. The van der Waals surface area contributed by atoms with Crippen LogP contribution in [0.15, 0.2) is 143 Å². The van der Waals surface area contributed by atoms with E-state index in [1.807, 2.05) is 103 Å². The summed E-state index contributed by atoms with van der Waals surface area (Å²) < 4.78 is 0. The van der Waals surface area contributed by atoms with E-state index >= 15 is 0 Å². The van der Waals surface area contributed by atoms with Crippen molar-refractivity contribution in [2.45, 2.75) is 43.9 Å². The number of aliphatic imine (C=N–C) groups is 2. The number of benzene rings is 5. The van der Waals surface area contributed by atoms with Gasteiger partial charge in [0, 0.05) is 41.0 Å². The van der Waals surface area contributed by atoms with Crippen LogP contribution < -0.4 is 15.1 Å². The van der Waals surface area contributed by atoms with Crippen LogP contribution >= 0.6 is 11.6 Å². The Hall–Kier alpha value is -4.75. The number of para-hydroxylation sites is 1. The van der Waals surface area contributed by atoms with Gasteiger partial charge < -0.3 is 19.9 Å². The van der Waals surface area contributed by atoms with Gasteiger partial charge in [0.25, 0.3) is 0 Å². The Kier molecular flexibility index (Phi) is 11.7. The maximum Gasteiger partial charge on any atom is 2.00 e. The second-order valence-electron chi connectivity index (χ2n) is 12.8. The Morgan fingerprint density at radius 2 is 1.47 bits per heavy atom. The van der Waals surface area contributed by atoms with Crippen molar-refractivity contribution in [3.05, 3.63) is 166 Å². The van der Waals surface area contributed by atoms with Gasteiger partial charge in [-0.2, -0.15) is 0 Å². The van der Waals surface area contributed by atoms with Gasteiger partial charge in [0.1, 0.15) is 6.04 Å². The van der Waals surface area contributed by atoms with Gasteiger partial charge in [-0.3, -0.25) is 14.9 Å². The Labute approximate surface area is 313 Å². The van der Waals surface area contributed by atoms with Crippen LogP contribution in [-0.2, 0) is 34.3 Å². The molecule has 2 heterocycles. The minimum atomic E-state index is -1.30. The number of halogens is 1. The first-order chi connectivity index (χ1) is 24.5. The van der Waals surface area contributed by atoms with Gasteiger partial charge in [-0.15, -0.1) is 0 Å². The van der Waals surface area contributed by atoms with Gasteiger partial charge in [-0.1, -0.05) is 115 Å². The average Bonchev–Trinajstić information content (AvgIpc) is 3.61. The number of hydrogen-bond donors (Lipinski definition) is 0. The molecule has 5 aromatic rings. The SMILES string of the molecule is O=C([O-])[C@@H](N=C(c1ccccc1)c1ccccc1N=C([O-])[C@@H]1CCCN1Cc1ccccc1)[C@H]1c2ccccc2CCN1c1ccc(Cl)cc1.[Ni+2]. The van der Waals surface area contributed by atoms with Crippen molar-refractivity contribution < 1.29 is 31.5 Å². The molecule has 3 atom stereocenters. The van der Waals surface area contributed by atoms with E-state index in [4.69, 9.17) is 21.6 Å². The molecule has 0 aliphatic carbocycles. The molecule has 7 nitrogen and oxygen atoms in total. The molecule has 0 aromatic heterocycles. The first kappa shape index (κ1) is 36.1. The first-order valence-electron chi connectivity index (χ1n) is 17.0. The van der Waals surface area contributed by atoms with Crippen LogP contribution in [0, 0.1) is 0 Å². The minimum absolute atomic E-state index is 0. The normalized spacial score (nSPS) is 18.5. The monoisotopic (exact) mass is 738 g/mol. The van der Waals surface area contributed by atoms with Crippen LogP contribution in [0.2, 0.25) is 5.02 Å². The summed E-state index contributed by atoms with van der Waals surface area (Å²) in [6.45, 7) is 2.08. The molecule has 0 radical (unpaired) electrons. The fourth-order valence-electron chi connectivity index (χ4n) is 7.23. The first-order valence-corrected chi connectivity index (χ1v) is 17.4. The third kappa shape index (κ3) is 8.10. The zero-order chi connectivity index (χ0) is 34.5. The van der Waals surface area contributed by atoms with Crippen LogP contribution in [0.25, 0.3) is 0 Å². The number of aliphatic carboxylic acids is 1. The number of carbonyl (C=O) groups excluding carboxylic acids is 1. The van der Waals surface area contributed by atoms with Crippen LogP contribution in [0.1, 0.15) is 46.7 Å². The number of hydrogen-bond acceptors (Lipinski definition) is 7. The molecule has 0 saturated carbocycles. The Bertz CT molecular complexity index is 2010. The Morgan fingerprint density at radius 3 is 2.22 bits per heavy atom. The molecule has 9 heteroatoms. The molecule has 1 fully saturated rings. The van der Waals surface area contributed by atoms with E-state index in [0.29, 0.717) is 40.6 Å². The summed E-state index contributed by atoms with van der Waals surface area (Å²) in [4.78, 5) is 27.4. The number of rotatable bonds is 10. The smallest absolute Gasteiger partial charge is 0.861 e. The molecule has 260 valence electrons. The molecule has 0 bridgehead atoms. The molecule has 2 aliphatic heterocycles. The molecular formula is C42H37ClN4NiO3. The predicted octanol–water partition coefficient (Wildman–Crippen LogP) is 6.15. The van der Waals surface area contributed by atoms with E-state index in [0.717, 1.165) is 48.2 Å². The van der Waals surface area contributed by atoms with E-state index in [2.05, 4.69) is 21.9 Å². The van der Waals surface area contributed by atoms with Crippen LogP contribution in [-0.4, -0.2) is 47.7 Å². The molecule has 0 N–H and O–H groups in total. The number of carboxylic acids is 1. The number of nitrogens with zero attached hydrogens (tertiary/aromatic N) is 4. The van der Waals surface area contributed by atoms with Gasteiger partial charge in [-0.25, -0.2) is 0 Å².